The summed E-state index contributed by atoms with van der Waals surface area (Å²) >= 11 is 5.85. The molecule has 0 aliphatic carbocycles. The van der Waals surface area contributed by atoms with Gasteiger partial charge in [0.25, 0.3) is 0 Å². The van der Waals surface area contributed by atoms with Gasteiger partial charge in [0.15, 0.2) is 0 Å². The summed E-state index contributed by atoms with van der Waals surface area (Å²) in [4.78, 5) is 4.28. The van der Waals surface area contributed by atoms with E-state index in [0.29, 0.717) is 10.9 Å². The number of amidine groups is 1. The van der Waals surface area contributed by atoms with Crippen LogP contribution in [-0.2, 0) is 0 Å². The molecular formula is C12H17ClN2O. The number of nitrogens with one attached hydrogen (secondary N) is 1. The molecule has 16 heavy (non-hydrogen) atoms. The molecule has 1 aromatic carbocycles. The summed E-state index contributed by atoms with van der Waals surface area (Å²) in [6, 6.07) is 7.24. The molecule has 0 saturated carbocycles. The topological polar surface area (TPSA) is 44.6 Å². The van der Waals surface area contributed by atoms with Crippen molar-refractivity contribution in [2.24, 2.45) is 4.99 Å². The van der Waals surface area contributed by atoms with Crippen LogP contribution in [0.25, 0.3) is 0 Å². The summed E-state index contributed by atoms with van der Waals surface area (Å²) in [5.74, 6) is 0.579. The van der Waals surface area contributed by atoms with Crippen molar-refractivity contribution in [1.82, 2.24) is 5.48 Å². The van der Waals surface area contributed by atoms with Gasteiger partial charge in [-0.1, -0.05) is 37.4 Å². The van der Waals surface area contributed by atoms with E-state index in [1.54, 1.807) is 12.1 Å². The Morgan fingerprint density at radius 2 is 2.25 bits per heavy atom. The molecule has 2 N–H and O–H groups in total. The molecular weight excluding hydrogens is 224 g/mol. The molecule has 0 atom stereocenters. The van der Waals surface area contributed by atoms with Crippen molar-refractivity contribution >= 4 is 23.1 Å². The highest BCUT2D eigenvalue weighted by Crippen LogP contribution is 2.18. The van der Waals surface area contributed by atoms with Crippen LogP contribution in [0.1, 0.15) is 32.6 Å². The highest BCUT2D eigenvalue weighted by Gasteiger charge is 1.98. The third-order valence-corrected chi connectivity index (χ3v) is 2.45. The second-order valence-corrected chi connectivity index (χ2v) is 4.04. The molecule has 0 heterocycles. The van der Waals surface area contributed by atoms with Crippen LogP contribution < -0.4 is 5.48 Å². The minimum atomic E-state index is 0.579. The summed E-state index contributed by atoms with van der Waals surface area (Å²) < 4.78 is 0. The Morgan fingerprint density at radius 1 is 1.44 bits per heavy atom. The Labute approximate surface area is 101 Å². The Bertz CT molecular complexity index is 353. The van der Waals surface area contributed by atoms with Crippen molar-refractivity contribution < 1.29 is 5.21 Å². The van der Waals surface area contributed by atoms with Gasteiger partial charge in [0.2, 0.25) is 0 Å². The lowest BCUT2D eigenvalue weighted by Gasteiger charge is -2.04. The summed E-state index contributed by atoms with van der Waals surface area (Å²) in [7, 11) is 0. The first-order valence-corrected chi connectivity index (χ1v) is 5.87. The molecule has 0 aliphatic heterocycles. The number of hydroxylamine groups is 1. The van der Waals surface area contributed by atoms with Crippen LogP contribution in [0.5, 0.6) is 0 Å². The maximum Gasteiger partial charge on any atom is 0.126 e. The van der Waals surface area contributed by atoms with Crippen molar-refractivity contribution in [3.05, 3.63) is 29.3 Å². The Morgan fingerprint density at radius 3 is 2.88 bits per heavy atom. The summed E-state index contributed by atoms with van der Waals surface area (Å²) in [6.45, 7) is 2.14. The third-order valence-electron chi connectivity index (χ3n) is 2.22. The average molecular weight is 241 g/mol. The van der Waals surface area contributed by atoms with E-state index in [-0.39, 0.29) is 0 Å². The van der Waals surface area contributed by atoms with Gasteiger partial charge in [0.1, 0.15) is 5.84 Å². The van der Waals surface area contributed by atoms with E-state index < -0.39 is 0 Å². The SMILES string of the molecule is CCCCCC(=Nc1cccc(Cl)c1)NO. The normalized spacial score (nSPS) is 11.6. The minimum Gasteiger partial charge on any atom is -0.290 e. The predicted molar refractivity (Wildman–Crippen MR) is 67.6 cm³/mol. The van der Waals surface area contributed by atoms with Crippen LogP contribution in [-0.4, -0.2) is 11.0 Å². The molecule has 0 bridgehead atoms. The lowest BCUT2D eigenvalue weighted by molar-refractivity contribution is 0.231. The molecule has 4 heteroatoms. The first kappa shape index (κ1) is 13.0. The fourth-order valence-corrected chi connectivity index (χ4v) is 1.57. The zero-order chi connectivity index (χ0) is 11.8. The monoisotopic (exact) mass is 240 g/mol. The standard InChI is InChI=1S/C12H17ClN2O/c1-2-3-4-8-12(15-16)14-11-7-5-6-10(13)9-11/h5-7,9,16H,2-4,8H2,1H3,(H,14,15). The highest BCUT2D eigenvalue weighted by molar-refractivity contribution is 6.30. The molecule has 0 spiro atoms. The third kappa shape index (κ3) is 4.64. The van der Waals surface area contributed by atoms with Crippen LogP contribution in [0, 0.1) is 0 Å². The summed E-state index contributed by atoms with van der Waals surface area (Å²) in [6.07, 6.45) is 4.05. The van der Waals surface area contributed by atoms with Crippen molar-refractivity contribution in [2.75, 3.05) is 0 Å². The maximum atomic E-state index is 8.94. The van der Waals surface area contributed by atoms with Gasteiger partial charge in [0.05, 0.1) is 5.69 Å². The van der Waals surface area contributed by atoms with Gasteiger partial charge >= 0.3 is 0 Å². The van der Waals surface area contributed by atoms with E-state index >= 15 is 0 Å². The molecule has 88 valence electrons. The quantitative estimate of drug-likeness (QED) is 0.355. The second-order valence-electron chi connectivity index (χ2n) is 3.61. The van der Waals surface area contributed by atoms with E-state index in [1.807, 2.05) is 12.1 Å². The van der Waals surface area contributed by atoms with Crippen LogP contribution in [0.3, 0.4) is 0 Å². The summed E-state index contributed by atoms with van der Waals surface area (Å²) in [5.41, 5.74) is 2.89. The van der Waals surface area contributed by atoms with E-state index in [0.717, 1.165) is 31.4 Å². The summed E-state index contributed by atoms with van der Waals surface area (Å²) in [5, 5.41) is 9.59. The van der Waals surface area contributed by atoms with Crippen molar-refractivity contribution in [2.45, 2.75) is 32.6 Å². The van der Waals surface area contributed by atoms with Gasteiger partial charge in [-0.25, -0.2) is 4.99 Å². The molecule has 3 nitrogen and oxygen atoms in total. The number of benzene rings is 1. The van der Waals surface area contributed by atoms with Crippen molar-refractivity contribution in [1.29, 1.82) is 0 Å². The van der Waals surface area contributed by atoms with E-state index in [1.165, 1.54) is 0 Å². The van der Waals surface area contributed by atoms with Gasteiger partial charge in [-0.15, -0.1) is 0 Å². The van der Waals surface area contributed by atoms with Gasteiger partial charge < -0.3 is 0 Å². The molecule has 0 aromatic heterocycles. The first-order chi connectivity index (χ1) is 7.76. The zero-order valence-corrected chi connectivity index (χ0v) is 10.2. The van der Waals surface area contributed by atoms with Crippen LogP contribution in [0.4, 0.5) is 5.69 Å². The van der Waals surface area contributed by atoms with Gasteiger partial charge in [-0.05, 0) is 24.6 Å². The van der Waals surface area contributed by atoms with E-state index in [4.69, 9.17) is 16.8 Å². The molecule has 1 aromatic rings. The molecule has 1 rings (SSSR count). The Kier molecular flexibility index (Phi) is 5.90. The Balaban J connectivity index is 2.64. The number of rotatable bonds is 5. The van der Waals surface area contributed by atoms with Crippen LogP contribution in [0.2, 0.25) is 5.02 Å². The molecule has 0 unspecified atom stereocenters. The number of hydrogen-bond acceptors (Lipinski definition) is 2. The molecule has 0 fully saturated rings. The van der Waals surface area contributed by atoms with E-state index in [2.05, 4.69) is 17.4 Å². The lowest BCUT2D eigenvalue weighted by Crippen LogP contribution is -2.18. The van der Waals surface area contributed by atoms with Gasteiger partial charge in [-0.3, -0.25) is 10.7 Å². The van der Waals surface area contributed by atoms with Crippen molar-refractivity contribution in [3.63, 3.8) is 0 Å². The Hall–Kier alpha value is -1.06. The molecule has 0 saturated heterocycles. The smallest absolute Gasteiger partial charge is 0.126 e. The largest absolute Gasteiger partial charge is 0.290 e. The fraction of sp³-hybridized carbons (Fsp3) is 0.417. The number of halogens is 1. The zero-order valence-electron chi connectivity index (χ0n) is 9.41. The predicted octanol–water partition coefficient (Wildman–Crippen LogP) is 3.93. The fourth-order valence-electron chi connectivity index (χ4n) is 1.38. The average Bonchev–Trinajstić information content (AvgIpc) is 2.28. The molecule has 0 radical (unpaired) electrons. The van der Waals surface area contributed by atoms with E-state index in [9.17, 15) is 0 Å². The first-order valence-electron chi connectivity index (χ1n) is 5.49. The molecule has 0 amide bonds. The molecule has 0 aliphatic rings. The van der Waals surface area contributed by atoms with Gasteiger partial charge in [-0.2, -0.15) is 0 Å². The lowest BCUT2D eigenvalue weighted by atomic mass is 10.2. The number of nitrogens with zero attached hydrogens (tertiary/aromatic N) is 1. The highest BCUT2D eigenvalue weighted by atomic mass is 35.5. The number of aliphatic imine (C=N–C) groups is 1. The second kappa shape index (κ2) is 7.25. The number of hydrogen-bond donors (Lipinski definition) is 2. The van der Waals surface area contributed by atoms with Crippen molar-refractivity contribution in [3.8, 4) is 0 Å². The minimum absolute atomic E-state index is 0.579. The van der Waals surface area contributed by atoms with Crippen LogP contribution in [0.15, 0.2) is 29.3 Å². The number of unbranched alkanes of at least 4 members (excludes halogenated alkanes) is 2. The van der Waals surface area contributed by atoms with Gasteiger partial charge in [0, 0.05) is 11.4 Å². The van der Waals surface area contributed by atoms with Crippen LogP contribution >= 0.6 is 11.6 Å². The maximum absolute atomic E-state index is 8.94.